The molecule has 0 radical (unpaired) electrons. The Bertz CT molecular complexity index is 418. The zero-order valence-corrected chi connectivity index (χ0v) is 13.7. The molecule has 2 aliphatic carbocycles. The van der Waals surface area contributed by atoms with Gasteiger partial charge in [-0.3, -0.25) is 4.99 Å². The van der Waals surface area contributed by atoms with E-state index in [1.165, 1.54) is 51.4 Å². The van der Waals surface area contributed by atoms with Crippen LogP contribution < -0.4 is 5.73 Å². The van der Waals surface area contributed by atoms with Gasteiger partial charge in [-0.1, -0.05) is 44.3 Å². The van der Waals surface area contributed by atoms with Gasteiger partial charge in [0.05, 0.1) is 12.6 Å². The molecule has 3 atom stereocenters. The zero-order valence-electron chi connectivity index (χ0n) is 13.7. The molecule has 0 spiro atoms. The summed E-state index contributed by atoms with van der Waals surface area (Å²) in [6.45, 7) is 5.57. The number of hydrogen-bond donors (Lipinski definition) is 1. The van der Waals surface area contributed by atoms with Crippen LogP contribution in [0.2, 0.25) is 0 Å². The highest BCUT2D eigenvalue weighted by molar-refractivity contribution is 5.80. The highest BCUT2D eigenvalue weighted by atomic mass is 15.3. The van der Waals surface area contributed by atoms with Gasteiger partial charge >= 0.3 is 0 Å². The van der Waals surface area contributed by atoms with Crippen molar-refractivity contribution in [2.45, 2.75) is 77.3 Å². The van der Waals surface area contributed by atoms with Crippen molar-refractivity contribution in [2.24, 2.45) is 22.6 Å². The van der Waals surface area contributed by atoms with Crippen LogP contribution in [-0.2, 0) is 0 Å². The third-order valence-corrected chi connectivity index (χ3v) is 5.65. The Balaban J connectivity index is 1.74. The average Bonchev–Trinajstić information content (AvgIpc) is 2.65. The summed E-state index contributed by atoms with van der Waals surface area (Å²) in [5.41, 5.74) is 7.85. The number of allylic oxidation sites excluding steroid dienone is 2. The number of hydrogen-bond acceptors (Lipinski definition) is 3. The summed E-state index contributed by atoms with van der Waals surface area (Å²) in [5, 5.41) is 0. The van der Waals surface area contributed by atoms with Crippen LogP contribution in [0.1, 0.15) is 65.2 Å². The Kier molecular flexibility index (Phi) is 4.56. The van der Waals surface area contributed by atoms with Crippen molar-refractivity contribution in [1.29, 1.82) is 0 Å². The standard InChI is InChI=1S/C18H31N3/c1-13-9-14(2)11-15(10-13)17-12-20-18(19)21(17)16-7-5-3-4-6-8-16/h9,13,15-17H,3-8,10-12H2,1-2H3,(H2,19,20). The first-order valence-electron chi connectivity index (χ1n) is 8.90. The predicted octanol–water partition coefficient (Wildman–Crippen LogP) is 3.70. The van der Waals surface area contributed by atoms with Crippen molar-refractivity contribution < 1.29 is 0 Å². The second-order valence-electron chi connectivity index (χ2n) is 7.51. The third-order valence-electron chi connectivity index (χ3n) is 5.65. The molecule has 0 bridgehead atoms. The molecule has 118 valence electrons. The molecule has 0 aromatic carbocycles. The lowest BCUT2D eigenvalue weighted by Gasteiger charge is -2.40. The van der Waals surface area contributed by atoms with Gasteiger partial charge in [-0.25, -0.2) is 0 Å². The monoisotopic (exact) mass is 289 g/mol. The smallest absolute Gasteiger partial charge is 0.191 e. The van der Waals surface area contributed by atoms with E-state index in [1.807, 2.05) is 0 Å². The van der Waals surface area contributed by atoms with Crippen LogP contribution >= 0.6 is 0 Å². The van der Waals surface area contributed by atoms with E-state index in [9.17, 15) is 0 Å². The van der Waals surface area contributed by atoms with Crippen LogP contribution in [0, 0.1) is 11.8 Å². The highest BCUT2D eigenvalue weighted by Crippen LogP contribution is 2.36. The maximum Gasteiger partial charge on any atom is 0.191 e. The summed E-state index contributed by atoms with van der Waals surface area (Å²) < 4.78 is 0. The number of nitrogens with zero attached hydrogens (tertiary/aromatic N) is 2. The number of nitrogens with two attached hydrogens (primary N) is 1. The molecule has 3 nitrogen and oxygen atoms in total. The molecule has 0 aromatic heterocycles. The van der Waals surface area contributed by atoms with Crippen molar-refractivity contribution in [2.75, 3.05) is 6.54 Å². The summed E-state index contributed by atoms with van der Waals surface area (Å²) in [6.07, 6.45) is 13.1. The van der Waals surface area contributed by atoms with Crippen LogP contribution in [-0.4, -0.2) is 29.5 Å². The fourth-order valence-corrected chi connectivity index (χ4v) is 4.79. The van der Waals surface area contributed by atoms with Gasteiger partial charge in [0.1, 0.15) is 0 Å². The molecule has 0 amide bonds. The van der Waals surface area contributed by atoms with E-state index < -0.39 is 0 Å². The largest absolute Gasteiger partial charge is 0.370 e. The van der Waals surface area contributed by atoms with E-state index in [1.54, 1.807) is 5.57 Å². The minimum Gasteiger partial charge on any atom is -0.370 e. The van der Waals surface area contributed by atoms with Gasteiger partial charge in [0.2, 0.25) is 0 Å². The van der Waals surface area contributed by atoms with Crippen molar-refractivity contribution in [3.8, 4) is 0 Å². The number of guanidine groups is 1. The molecule has 0 aromatic rings. The average molecular weight is 289 g/mol. The molecule has 1 fully saturated rings. The van der Waals surface area contributed by atoms with E-state index in [4.69, 9.17) is 5.73 Å². The summed E-state index contributed by atoms with van der Waals surface area (Å²) >= 11 is 0. The molecule has 21 heavy (non-hydrogen) atoms. The molecule has 3 heteroatoms. The molecule has 3 rings (SSSR count). The Morgan fingerprint density at radius 2 is 1.90 bits per heavy atom. The SMILES string of the molecule is CC1=CC(C)CC(C2CN=C(N)N2C2CCCCCC2)C1. The normalized spacial score (nSPS) is 35.3. The first-order chi connectivity index (χ1) is 10.1. The minimum atomic E-state index is 0.555. The van der Waals surface area contributed by atoms with Crippen molar-refractivity contribution in [3.63, 3.8) is 0 Å². The van der Waals surface area contributed by atoms with E-state index in [-0.39, 0.29) is 0 Å². The Labute approximate surface area is 129 Å². The minimum absolute atomic E-state index is 0.555. The molecule has 1 aliphatic heterocycles. The zero-order chi connectivity index (χ0) is 14.8. The third kappa shape index (κ3) is 3.27. The Morgan fingerprint density at radius 3 is 2.57 bits per heavy atom. The Morgan fingerprint density at radius 1 is 1.19 bits per heavy atom. The predicted molar refractivity (Wildman–Crippen MR) is 89.3 cm³/mol. The fourth-order valence-electron chi connectivity index (χ4n) is 4.79. The first kappa shape index (κ1) is 14.9. The van der Waals surface area contributed by atoms with Gasteiger partial charge in [0.25, 0.3) is 0 Å². The topological polar surface area (TPSA) is 41.6 Å². The molecule has 1 saturated carbocycles. The summed E-state index contributed by atoms with van der Waals surface area (Å²) in [4.78, 5) is 7.16. The second-order valence-corrected chi connectivity index (χ2v) is 7.51. The fraction of sp³-hybridized carbons (Fsp3) is 0.833. The van der Waals surface area contributed by atoms with Gasteiger partial charge in [-0.05, 0) is 44.4 Å². The van der Waals surface area contributed by atoms with Gasteiger partial charge in [0, 0.05) is 6.04 Å². The maximum absolute atomic E-state index is 6.29. The molecular weight excluding hydrogens is 258 g/mol. The lowest BCUT2D eigenvalue weighted by molar-refractivity contribution is 0.163. The van der Waals surface area contributed by atoms with Crippen molar-refractivity contribution >= 4 is 5.96 Å². The van der Waals surface area contributed by atoms with Crippen molar-refractivity contribution in [1.82, 2.24) is 4.90 Å². The molecule has 1 heterocycles. The van der Waals surface area contributed by atoms with Gasteiger partial charge in [0.15, 0.2) is 5.96 Å². The maximum atomic E-state index is 6.29. The second kappa shape index (κ2) is 6.41. The van der Waals surface area contributed by atoms with E-state index >= 15 is 0 Å². The van der Waals surface area contributed by atoms with Gasteiger partial charge in [-0.2, -0.15) is 0 Å². The first-order valence-corrected chi connectivity index (χ1v) is 8.90. The number of rotatable bonds is 2. The van der Waals surface area contributed by atoms with Crippen molar-refractivity contribution in [3.05, 3.63) is 11.6 Å². The Hall–Kier alpha value is -0.990. The van der Waals surface area contributed by atoms with Gasteiger partial charge in [-0.15, -0.1) is 0 Å². The van der Waals surface area contributed by atoms with E-state index in [2.05, 4.69) is 29.8 Å². The molecular formula is C18H31N3. The molecule has 3 unspecified atom stereocenters. The molecule has 0 saturated heterocycles. The van der Waals surface area contributed by atoms with Crippen LogP contribution in [0.25, 0.3) is 0 Å². The number of aliphatic imine (C=N–C) groups is 1. The van der Waals surface area contributed by atoms with Gasteiger partial charge < -0.3 is 10.6 Å². The lowest BCUT2D eigenvalue weighted by atomic mass is 9.79. The molecule has 2 N–H and O–H groups in total. The summed E-state index contributed by atoms with van der Waals surface area (Å²) in [6, 6.07) is 1.20. The van der Waals surface area contributed by atoms with E-state index in [0.29, 0.717) is 18.0 Å². The van der Waals surface area contributed by atoms with E-state index in [0.717, 1.165) is 18.4 Å². The quantitative estimate of drug-likeness (QED) is 0.622. The lowest BCUT2D eigenvalue weighted by Crippen LogP contribution is -2.50. The summed E-state index contributed by atoms with van der Waals surface area (Å²) in [5.74, 6) is 2.27. The van der Waals surface area contributed by atoms with Crippen LogP contribution in [0.15, 0.2) is 16.6 Å². The van der Waals surface area contributed by atoms with Crippen LogP contribution in [0.5, 0.6) is 0 Å². The van der Waals surface area contributed by atoms with Crippen LogP contribution in [0.3, 0.4) is 0 Å². The summed E-state index contributed by atoms with van der Waals surface area (Å²) in [7, 11) is 0. The van der Waals surface area contributed by atoms with Crippen LogP contribution in [0.4, 0.5) is 0 Å². The molecule has 3 aliphatic rings. The highest BCUT2D eigenvalue weighted by Gasteiger charge is 2.38.